The number of anilines is 2. The summed E-state index contributed by atoms with van der Waals surface area (Å²) in [5.74, 6) is 1.56. The van der Waals surface area contributed by atoms with Crippen molar-refractivity contribution in [2.45, 2.75) is 20.4 Å². The lowest BCUT2D eigenvalue weighted by Gasteiger charge is -2.23. The zero-order valence-electron chi connectivity index (χ0n) is 13.0. The van der Waals surface area contributed by atoms with E-state index in [1.807, 2.05) is 27.1 Å². The van der Waals surface area contributed by atoms with Gasteiger partial charge in [-0.25, -0.2) is 9.97 Å². The van der Waals surface area contributed by atoms with Gasteiger partial charge in [0.25, 0.3) is 0 Å². The van der Waals surface area contributed by atoms with Crippen molar-refractivity contribution in [3.05, 3.63) is 46.9 Å². The lowest BCUT2D eigenvalue weighted by molar-refractivity contribution is 0.804. The summed E-state index contributed by atoms with van der Waals surface area (Å²) in [6.07, 6.45) is 0. The fourth-order valence-electron chi connectivity index (χ4n) is 2.15. The second-order valence-corrected chi connectivity index (χ2v) is 5.56. The van der Waals surface area contributed by atoms with E-state index in [0.29, 0.717) is 11.0 Å². The van der Waals surface area contributed by atoms with Crippen molar-refractivity contribution >= 4 is 23.1 Å². The zero-order valence-corrected chi connectivity index (χ0v) is 13.7. The first-order chi connectivity index (χ1) is 9.99. The third-order valence-corrected chi connectivity index (χ3v) is 3.52. The predicted octanol–water partition coefficient (Wildman–Crippen LogP) is 3.53. The summed E-state index contributed by atoms with van der Waals surface area (Å²) in [6, 6.07) is 10.4. The van der Waals surface area contributed by atoms with E-state index in [0.717, 1.165) is 18.9 Å². The molecule has 0 radical (unpaired) electrons. The van der Waals surface area contributed by atoms with E-state index in [1.54, 1.807) is 0 Å². The summed E-state index contributed by atoms with van der Waals surface area (Å²) in [5, 5.41) is 0.485. The van der Waals surface area contributed by atoms with Crippen LogP contribution in [-0.4, -0.2) is 30.6 Å². The van der Waals surface area contributed by atoms with E-state index in [1.165, 1.54) is 11.3 Å². The average Bonchev–Trinajstić information content (AvgIpc) is 2.44. The summed E-state index contributed by atoms with van der Waals surface area (Å²) in [5.41, 5.74) is 2.44. The number of hydrogen-bond donors (Lipinski definition) is 0. The molecular formula is C16H21ClN4. The molecule has 1 heterocycles. The van der Waals surface area contributed by atoms with Crippen LogP contribution in [0.2, 0.25) is 5.15 Å². The molecule has 0 aliphatic carbocycles. The Hall–Kier alpha value is -1.81. The van der Waals surface area contributed by atoms with Crippen LogP contribution in [0.5, 0.6) is 0 Å². The molecule has 4 nitrogen and oxygen atoms in total. The molecule has 2 rings (SSSR count). The van der Waals surface area contributed by atoms with Gasteiger partial charge >= 0.3 is 0 Å². The van der Waals surface area contributed by atoms with Gasteiger partial charge in [-0.2, -0.15) is 0 Å². The highest BCUT2D eigenvalue weighted by atomic mass is 35.5. The maximum absolute atomic E-state index is 6.03. The molecule has 21 heavy (non-hydrogen) atoms. The van der Waals surface area contributed by atoms with Gasteiger partial charge in [0.2, 0.25) is 0 Å². The SMILES string of the molecule is CCN(Cc1ccc(N(C)C)cc1)c1cc(Cl)nc(C)n1. The Bertz CT molecular complexity index is 575. The first-order valence-corrected chi connectivity index (χ1v) is 7.39. The van der Waals surface area contributed by atoms with E-state index >= 15 is 0 Å². The number of rotatable bonds is 5. The number of nitrogens with zero attached hydrogens (tertiary/aromatic N) is 4. The zero-order chi connectivity index (χ0) is 15.4. The van der Waals surface area contributed by atoms with Crippen LogP contribution in [0.15, 0.2) is 30.3 Å². The van der Waals surface area contributed by atoms with Crippen molar-refractivity contribution in [2.75, 3.05) is 30.4 Å². The predicted molar refractivity (Wildman–Crippen MR) is 89.3 cm³/mol. The van der Waals surface area contributed by atoms with E-state index in [9.17, 15) is 0 Å². The minimum atomic E-state index is 0.485. The summed E-state index contributed by atoms with van der Waals surface area (Å²) in [4.78, 5) is 12.9. The van der Waals surface area contributed by atoms with Crippen molar-refractivity contribution < 1.29 is 0 Å². The van der Waals surface area contributed by atoms with Gasteiger partial charge in [0.05, 0.1) is 0 Å². The van der Waals surface area contributed by atoms with Crippen LogP contribution in [0, 0.1) is 6.92 Å². The number of aromatic nitrogens is 2. The van der Waals surface area contributed by atoms with Crippen LogP contribution < -0.4 is 9.80 Å². The van der Waals surface area contributed by atoms with Gasteiger partial charge in [0.1, 0.15) is 16.8 Å². The molecule has 1 aromatic carbocycles. The van der Waals surface area contributed by atoms with E-state index in [4.69, 9.17) is 11.6 Å². The Labute approximate surface area is 131 Å². The molecule has 5 heteroatoms. The van der Waals surface area contributed by atoms with E-state index < -0.39 is 0 Å². The van der Waals surface area contributed by atoms with Crippen molar-refractivity contribution in [1.82, 2.24) is 9.97 Å². The van der Waals surface area contributed by atoms with Crippen LogP contribution in [0.3, 0.4) is 0 Å². The first-order valence-electron chi connectivity index (χ1n) is 7.02. The molecular weight excluding hydrogens is 284 g/mol. The molecule has 0 aliphatic heterocycles. The molecule has 0 unspecified atom stereocenters. The van der Waals surface area contributed by atoms with Crippen LogP contribution in [-0.2, 0) is 6.54 Å². The molecule has 0 aliphatic rings. The summed E-state index contributed by atoms with van der Waals surface area (Å²) < 4.78 is 0. The fraction of sp³-hybridized carbons (Fsp3) is 0.375. The highest BCUT2D eigenvalue weighted by molar-refractivity contribution is 6.29. The number of aryl methyl sites for hydroxylation is 1. The van der Waals surface area contributed by atoms with Crippen LogP contribution in [0.25, 0.3) is 0 Å². The van der Waals surface area contributed by atoms with Gasteiger partial charge in [0, 0.05) is 38.9 Å². The third kappa shape index (κ3) is 4.08. The molecule has 1 aromatic heterocycles. The smallest absolute Gasteiger partial charge is 0.134 e. The van der Waals surface area contributed by atoms with Gasteiger partial charge in [-0.15, -0.1) is 0 Å². The first kappa shape index (κ1) is 15.6. The van der Waals surface area contributed by atoms with Crippen molar-refractivity contribution in [3.8, 4) is 0 Å². The second kappa shape index (κ2) is 6.76. The molecule has 0 N–H and O–H groups in total. The lowest BCUT2D eigenvalue weighted by Crippen LogP contribution is -2.23. The van der Waals surface area contributed by atoms with Crippen LogP contribution in [0.1, 0.15) is 18.3 Å². The average molecular weight is 305 g/mol. The van der Waals surface area contributed by atoms with E-state index in [-0.39, 0.29) is 0 Å². The van der Waals surface area contributed by atoms with Gasteiger partial charge in [-0.1, -0.05) is 23.7 Å². The number of hydrogen-bond acceptors (Lipinski definition) is 4. The molecule has 0 bridgehead atoms. The van der Waals surface area contributed by atoms with Crippen molar-refractivity contribution in [3.63, 3.8) is 0 Å². The summed E-state index contributed by atoms with van der Waals surface area (Å²) >= 11 is 6.03. The summed E-state index contributed by atoms with van der Waals surface area (Å²) in [6.45, 7) is 5.63. The molecule has 0 atom stereocenters. The molecule has 0 spiro atoms. The Morgan fingerprint density at radius 3 is 2.29 bits per heavy atom. The Morgan fingerprint density at radius 2 is 1.76 bits per heavy atom. The number of benzene rings is 1. The molecule has 2 aromatic rings. The Kier molecular flexibility index (Phi) is 5.02. The Balaban J connectivity index is 2.18. The second-order valence-electron chi connectivity index (χ2n) is 5.17. The third-order valence-electron chi connectivity index (χ3n) is 3.33. The minimum Gasteiger partial charge on any atom is -0.378 e. The van der Waals surface area contributed by atoms with Crippen LogP contribution in [0.4, 0.5) is 11.5 Å². The highest BCUT2D eigenvalue weighted by Crippen LogP contribution is 2.19. The monoisotopic (exact) mass is 304 g/mol. The molecule has 0 saturated carbocycles. The fourth-order valence-corrected chi connectivity index (χ4v) is 2.37. The van der Waals surface area contributed by atoms with Gasteiger partial charge < -0.3 is 9.80 Å². The van der Waals surface area contributed by atoms with Gasteiger partial charge in [0.15, 0.2) is 0 Å². The normalized spacial score (nSPS) is 10.5. The van der Waals surface area contributed by atoms with Gasteiger partial charge in [-0.3, -0.25) is 0 Å². The Morgan fingerprint density at radius 1 is 1.10 bits per heavy atom. The molecule has 0 fully saturated rings. The topological polar surface area (TPSA) is 32.3 Å². The largest absolute Gasteiger partial charge is 0.378 e. The maximum Gasteiger partial charge on any atom is 0.134 e. The standard InChI is InChI=1S/C16H21ClN4/c1-5-21(16-10-15(17)18-12(2)19-16)11-13-6-8-14(9-7-13)20(3)4/h6-10H,5,11H2,1-4H3. The minimum absolute atomic E-state index is 0.485. The van der Waals surface area contributed by atoms with Crippen molar-refractivity contribution in [1.29, 1.82) is 0 Å². The maximum atomic E-state index is 6.03. The van der Waals surface area contributed by atoms with Gasteiger partial charge in [-0.05, 0) is 31.5 Å². The molecule has 0 saturated heterocycles. The highest BCUT2D eigenvalue weighted by Gasteiger charge is 2.09. The molecule has 0 amide bonds. The quantitative estimate of drug-likeness (QED) is 0.791. The van der Waals surface area contributed by atoms with Crippen molar-refractivity contribution in [2.24, 2.45) is 0 Å². The van der Waals surface area contributed by atoms with Crippen LogP contribution >= 0.6 is 11.6 Å². The molecule has 112 valence electrons. The van der Waals surface area contributed by atoms with E-state index in [2.05, 4.69) is 51.0 Å². The number of halogens is 1. The lowest BCUT2D eigenvalue weighted by atomic mass is 10.2. The summed E-state index contributed by atoms with van der Waals surface area (Å²) in [7, 11) is 4.08.